The summed E-state index contributed by atoms with van der Waals surface area (Å²) in [7, 11) is 0. The molecule has 0 heterocycles. The third kappa shape index (κ3) is 2.20. The quantitative estimate of drug-likeness (QED) is 0.627. The molecule has 0 aliphatic carbocycles. The summed E-state index contributed by atoms with van der Waals surface area (Å²) in [6.07, 6.45) is 0. The molecule has 0 saturated carbocycles. The summed E-state index contributed by atoms with van der Waals surface area (Å²) in [6.45, 7) is 15.6. The molecule has 0 nitrogen and oxygen atoms in total. The van der Waals surface area contributed by atoms with Crippen LogP contribution in [0.25, 0.3) is 11.1 Å². The van der Waals surface area contributed by atoms with Gasteiger partial charge in [0.25, 0.3) is 0 Å². The van der Waals surface area contributed by atoms with Crippen LogP contribution in [0.4, 0.5) is 0 Å². The Morgan fingerprint density at radius 3 is 1.42 bits per heavy atom. The van der Waals surface area contributed by atoms with Crippen molar-refractivity contribution < 1.29 is 0 Å². The average Bonchev–Trinajstić information content (AvgIpc) is 2.36. The van der Waals surface area contributed by atoms with Crippen molar-refractivity contribution >= 4 is 0 Å². The van der Waals surface area contributed by atoms with E-state index in [1.54, 1.807) is 0 Å². The molecule has 0 atom stereocenters. The Bertz CT molecular complexity index is 620. The van der Waals surface area contributed by atoms with E-state index >= 15 is 0 Å². The maximum Gasteiger partial charge on any atom is -0.0115 e. The Morgan fingerprint density at radius 1 is 0.474 bits per heavy atom. The van der Waals surface area contributed by atoms with Crippen molar-refractivity contribution in [1.29, 1.82) is 0 Å². The molecule has 0 spiro atoms. The number of hydrogen-bond donors (Lipinski definition) is 0. The van der Waals surface area contributed by atoms with Gasteiger partial charge in [-0.05, 0) is 98.5 Å². The van der Waals surface area contributed by atoms with Crippen LogP contribution in [0.3, 0.4) is 0 Å². The molecule has 0 aliphatic rings. The summed E-state index contributed by atoms with van der Waals surface area (Å²) in [5.74, 6) is 0. The van der Waals surface area contributed by atoms with E-state index in [-0.39, 0.29) is 0 Å². The lowest BCUT2D eigenvalue weighted by Gasteiger charge is -2.20. The molecule has 2 rings (SSSR count). The molecule has 0 aromatic heterocycles. The Morgan fingerprint density at radius 2 is 0.895 bits per heavy atom. The third-order valence-electron chi connectivity index (χ3n) is 4.56. The maximum atomic E-state index is 2.30. The van der Waals surface area contributed by atoms with Crippen LogP contribution >= 0.6 is 0 Å². The van der Waals surface area contributed by atoms with Crippen molar-refractivity contribution in [1.82, 2.24) is 0 Å². The predicted molar refractivity (Wildman–Crippen MR) is 85.0 cm³/mol. The molecule has 19 heavy (non-hydrogen) atoms. The van der Waals surface area contributed by atoms with E-state index < -0.39 is 0 Å². The summed E-state index contributed by atoms with van der Waals surface area (Å²) in [4.78, 5) is 0. The summed E-state index contributed by atoms with van der Waals surface area (Å²) in [6, 6.07) is 6.77. The largest absolute Gasteiger partial charge is 0.0588 e. The summed E-state index contributed by atoms with van der Waals surface area (Å²) in [5, 5.41) is 0. The second kappa shape index (κ2) is 4.85. The Kier molecular flexibility index (Phi) is 3.54. The summed E-state index contributed by atoms with van der Waals surface area (Å²) >= 11 is 0. The monoisotopic (exact) mass is 252 g/mol. The summed E-state index contributed by atoms with van der Waals surface area (Å²) < 4.78 is 0. The lowest BCUT2D eigenvalue weighted by Crippen LogP contribution is -1.99. The molecule has 0 saturated heterocycles. The fourth-order valence-corrected chi connectivity index (χ4v) is 2.93. The van der Waals surface area contributed by atoms with Crippen LogP contribution in [0.1, 0.15) is 38.9 Å². The van der Waals surface area contributed by atoms with E-state index in [9.17, 15) is 0 Å². The van der Waals surface area contributed by atoms with Crippen LogP contribution in [0.2, 0.25) is 0 Å². The van der Waals surface area contributed by atoms with Crippen LogP contribution < -0.4 is 0 Å². The van der Waals surface area contributed by atoms with Gasteiger partial charge in [-0.25, -0.2) is 0 Å². The van der Waals surface area contributed by atoms with Crippen molar-refractivity contribution in [2.45, 2.75) is 48.5 Å². The van der Waals surface area contributed by atoms with Crippen molar-refractivity contribution in [3.63, 3.8) is 0 Å². The maximum absolute atomic E-state index is 2.30. The van der Waals surface area contributed by atoms with Gasteiger partial charge in [0.2, 0.25) is 0 Å². The highest BCUT2D eigenvalue weighted by molar-refractivity contribution is 5.79. The average molecular weight is 252 g/mol. The molecule has 0 radical (unpaired) electrons. The van der Waals surface area contributed by atoms with Crippen molar-refractivity contribution in [2.75, 3.05) is 0 Å². The van der Waals surface area contributed by atoms with E-state index in [1.165, 1.54) is 50.1 Å². The van der Waals surface area contributed by atoms with E-state index in [2.05, 4.69) is 66.7 Å². The van der Waals surface area contributed by atoms with Crippen molar-refractivity contribution in [2.24, 2.45) is 0 Å². The molecule has 2 aromatic carbocycles. The molecule has 0 amide bonds. The number of rotatable bonds is 1. The lowest BCUT2D eigenvalue weighted by atomic mass is 9.84. The second-order valence-electron chi connectivity index (χ2n) is 5.83. The van der Waals surface area contributed by atoms with Gasteiger partial charge in [-0.1, -0.05) is 18.2 Å². The lowest BCUT2D eigenvalue weighted by molar-refractivity contribution is 1.22. The fourth-order valence-electron chi connectivity index (χ4n) is 2.93. The molecule has 0 bridgehead atoms. The minimum atomic E-state index is 1.37. The van der Waals surface area contributed by atoms with Gasteiger partial charge in [0.05, 0.1) is 0 Å². The zero-order valence-corrected chi connectivity index (χ0v) is 13.2. The predicted octanol–water partition coefficient (Wildman–Crippen LogP) is 5.51. The van der Waals surface area contributed by atoms with Crippen molar-refractivity contribution in [3.8, 4) is 11.1 Å². The molecular formula is C19H24. The van der Waals surface area contributed by atoms with Crippen LogP contribution in [0.5, 0.6) is 0 Å². The van der Waals surface area contributed by atoms with E-state index in [0.29, 0.717) is 0 Å². The van der Waals surface area contributed by atoms with E-state index in [0.717, 1.165) is 0 Å². The summed E-state index contributed by atoms with van der Waals surface area (Å²) in [5.41, 5.74) is 12.6. The molecule has 0 fully saturated rings. The van der Waals surface area contributed by atoms with Gasteiger partial charge < -0.3 is 0 Å². The van der Waals surface area contributed by atoms with Gasteiger partial charge in [0.15, 0.2) is 0 Å². The molecular weight excluding hydrogens is 228 g/mol. The van der Waals surface area contributed by atoms with Crippen LogP contribution in [0.15, 0.2) is 18.2 Å². The SMILES string of the molecule is Cc1ccc(C)c(-c2c(C)c(C)cc(C)c2C)c1C. The smallest absolute Gasteiger partial charge is 0.0115 e. The van der Waals surface area contributed by atoms with Crippen LogP contribution in [-0.2, 0) is 0 Å². The number of hydrogen-bond acceptors (Lipinski definition) is 0. The van der Waals surface area contributed by atoms with Gasteiger partial charge in [0, 0.05) is 0 Å². The zero-order valence-electron chi connectivity index (χ0n) is 13.2. The highest BCUT2D eigenvalue weighted by Gasteiger charge is 2.15. The fraction of sp³-hybridized carbons (Fsp3) is 0.368. The minimum absolute atomic E-state index is 1.37. The standard InChI is InChI=1S/C19H24/c1-11-8-9-12(2)18(15(11)5)19-16(6)13(3)10-14(4)17(19)7/h8-10H,1-7H3. The van der Waals surface area contributed by atoms with Crippen molar-refractivity contribution in [3.05, 3.63) is 57.1 Å². The Labute approximate surface area is 117 Å². The van der Waals surface area contributed by atoms with Gasteiger partial charge in [-0.2, -0.15) is 0 Å². The highest BCUT2D eigenvalue weighted by atomic mass is 14.2. The first-order chi connectivity index (χ1) is 8.84. The molecule has 0 heteroatoms. The first kappa shape index (κ1) is 13.9. The number of aryl methyl sites for hydroxylation is 4. The van der Waals surface area contributed by atoms with Gasteiger partial charge in [-0.3, -0.25) is 0 Å². The first-order valence-corrected chi connectivity index (χ1v) is 6.99. The topological polar surface area (TPSA) is 0 Å². The van der Waals surface area contributed by atoms with E-state index in [4.69, 9.17) is 0 Å². The van der Waals surface area contributed by atoms with Gasteiger partial charge in [0.1, 0.15) is 0 Å². The first-order valence-electron chi connectivity index (χ1n) is 6.99. The zero-order chi connectivity index (χ0) is 14.3. The normalized spacial score (nSPS) is 10.9. The minimum Gasteiger partial charge on any atom is -0.0588 e. The molecule has 100 valence electrons. The highest BCUT2D eigenvalue weighted by Crippen LogP contribution is 2.36. The van der Waals surface area contributed by atoms with Gasteiger partial charge >= 0.3 is 0 Å². The Hall–Kier alpha value is -1.56. The molecule has 0 N–H and O–H groups in total. The molecule has 0 aliphatic heterocycles. The third-order valence-corrected chi connectivity index (χ3v) is 4.56. The second-order valence-corrected chi connectivity index (χ2v) is 5.83. The van der Waals surface area contributed by atoms with Crippen LogP contribution in [-0.4, -0.2) is 0 Å². The number of benzene rings is 2. The molecule has 2 aromatic rings. The van der Waals surface area contributed by atoms with Gasteiger partial charge in [-0.15, -0.1) is 0 Å². The van der Waals surface area contributed by atoms with E-state index in [1.807, 2.05) is 0 Å². The van der Waals surface area contributed by atoms with Crippen LogP contribution in [0, 0.1) is 48.5 Å². The Balaban J connectivity index is 2.91. The molecule has 0 unspecified atom stereocenters.